The third kappa shape index (κ3) is 5.97. The molecule has 6 nitrogen and oxygen atoms in total. The molecule has 0 saturated carbocycles. The highest BCUT2D eigenvalue weighted by Gasteiger charge is 2.19. The molecule has 27 heavy (non-hydrogen) atoms. The first-order chi connectivity index (χ1) is 13.3. The van der Waals surface area contributed by atoms with Crippen LogP contribution in [0.1, 0.15) is 22.7 Å². The zero-order valence-electron chi connectivity index (χ0n) is 15.1. The molecule has 0 aliphatic rings. The minimum absolute atomic E-state index is 0.0493. The van der Waals surface area contributed by atoms with Gasteiger partial charge >= 0.3 is 0 Å². The highest BCUT2D eigenvalue weighted by atomic mass is 16.2. The van der Waals surface area contributed by atoms with Crippen molar-refractivity contribution in [2.75, 3.05) is 13.1 Å². The highest BCUT2D eigenvalue weighted by molar-refractivity contribution is 5.83. The van der Waals surface area contributed by atoms with E-state index in [2.05, 4.69) is 25.6 Å². The smallest absolute Gasteiger partial charge is 0.241 e. The Labute approximate surface area is 159 Å². The lowest BCUT2D eigenvalue weighted by atomic mass is 10.1. The normalized spacial score (nSPS) is 11.7. The fourth-order valence-corrected chi connectivity index (χ4v) is 2.80. The molecule has 3 aromatic rings. The first-order valence-electron chi connectivity index (χ1n) is 9.02. The summed E-state index contributed by atoms with van der Waals surface area (Å²) >= 11 is 0. The Morgan fingerprint density at radius 2 is 1.44 bits per heavy atom. The molecule has 0 spiro atoms. The highest BCUT2D eigenvalue weighted by Crippen LogP contribution is 2.12. The molecule has 1 unspecified atom stereocenters. The van der Waals surface area contributed by atoms with Crippen molar-refractivity contribution in [1.29, 1.82) is 0 Å². The summed E-state index contributed by atoms with van der Waals surface area (Å²) in [4.78, 5) is 24.9. The number of nitrogens with one attached hydrogen (secondary N) is 2. The zero-order chi connectivity index (χ0) is 18.7. The van der Waals surface area contributed by atoms with Gasteiger partial charge in [-0.1, -0.05) is 6.07 Å². The van der Waals surface area contributed by atoms with Crippen LogP contribution >= 0.6 is 0 Å². The van der Waals surface area contributed by atoms with Crippen molar-refractivity contribution in [3.05, 3.63) is 90.3 Å². The number of hydrogen-bond acceptors (Lipinski definition) is 5. The van der Waals surface area contributed by atoms with Gasteiger partial charge in [-0.05, 0) is 59.9 Å². The minimum Gasteiger partial charge on any atom is -0.354 e. The van der Waals surface area contributed by atoms with Gasteiger partial charge < -0.3 is 10.6 Å². The van der Waals surface area contributed by atoms with Gasteiger partial charge in [0, 0.05) is 50.3 Å². The van der Waals surface area contributed by atoms with Crippen LogP contribution in [0.25, 0.3) is 0 Å². The van der Waals surface area contributed by atoms with Gasteiger partial charge in [0.15, 0.2) is 0 Å². The Morgan fingerprint density at radius 1 is 0.815 bits per heavy atom. The van der Waals surface area contributed by atoms with Crippen LogP contribution in [0.4, 0.5) is 0 Å². The lowest BCUT2D eigenvalue weighted by Crippen LogP contribution is -2.39. The fraction of sp³-hybridized carbons (Fsp3) is 0.238. The molecule has 1 amide bonds. The third-order valence-electron chi connectivity index (χ3n) is 4.25. The van der Waals surface area contributed by atoms with E-state index in [0.717, 1.165) is 24.0 Å². The van der Waals surface area contributed by atoms with Crippen molar-refractivity contribution in [2.45, 2.75) is 18.9 Å². The number of carbonyl (C=O) groups is 1. The van der Waals surface area contributed by atoms with Gasteiger partial charge in [-0.25, -0.2) is 0 Å². The Hall–Kier alpha value is -3.12. The van der Waals surface area contributed by atoms with Crippen LogP contribution < -0.4 is 10.6 Å². The van der Waals surface area contributed by atoms with Crippen LogP contribution in [0.2, 0.25) is 0 Å². The first kappa shape index (κ1) is 18.7. The first-order valence-corrected chi connectivity index (χ1v) is 9.02. The molecular weight excluding hydrogens is 338 g/mol. The standard InChI is InChI=1S/C21H23N5O/c27-21(26-15-8-18-5-12-23-13-6-18)20(19-2-1-9-24-16-19)25-14-7-17-3-10-22-11-4-17/h1-6,9-13,16,20,25H,7-8,14-15H2,(H,26,27). The largest absolute Gasteiger partial charge is 0.354 e. The molecule has 0 saturated heterocycles. The van der Waals surface area contributed by atoms with Crippen molar-refractivity contribution >= 4 is 5.91 Å². The quantitative estimate of drug-likeness (QED) is 0.610. The van der Waals surface area contributed by atoms with E-state index in [1.165, 1.54) is 5.56 Å². The molecule has 6 heteroatoms. The van der Waals surface area contributed by atoms with Gasteiger partial charge in [-0.3, -0.25) is 19.7 Å². The summed E-state index contributed by atoms with van der Waals surface area (Å²) in [6, 6.07) is 11.2. The maximum absolute atomic E-state index is 12.8. The summed E-state index contributed by atoms with van der Waals surface area (Å²) in [7, 11) is 0. The molecule has 0 aliphatic heterocycles. The molecule has 0 fully saturated rings. The lowest BCUT2D eigenvalue weighted by Gasteiger charge is -2.18. The molecule has 0 bridgehead atoms. The molecule has 0 aliphatic carbocycles. The molecule has 3 aromatic heterocycles. The van der Waals surface area contributed by atoms with Crippen LogP contribution in [0, 0.1) is 0 Å². The summed E-state index contributed by atoms with van der Waals surface area (Å²) in [5, 5.41) is 6.37. The minimum atomic E-state index is -0.432. The molecular formula is C21H23N5O. The van der Waals surface area contributed by atoms with E-state index in [1.54, 1.807) is 37.2 Å². The number of rotatable bonds is 9. The second-order valence-electron chi connectivity index (χ2n) is 6.18. The summed E-state index contributed by atoms with van der Waals surface area (Å²) in [5.41, 5.74) is 3.18. The fourth-order valence-electron chi connectivity index (χ4n) is 2.80. The predicted molar refractivity (Wildman–Crippen MR) is 104 cm³/mol. The maximum Gasteiger partial charge on any atom is 0.241 e. The average molecular weight is 361 g/mol. The van der Waals surface area contributed by atoms with Crippen molar-refractivity contribution < 1.29 is 4.79 Å². The summed E-state index contributed by atoms with van der Waals surface area (Å²) in [6.07, 6.45) is 12.1. The van der Waals surface area contributed by atoms with Crippen molar-refractivity contribution in [3.63, 3.8) is 0 Å². The van der Waals surface area contributed by atoms with Crippen molar-refractivity contribution in [2.24, 2.45) is 0 Å². The SMILES string of the molecule is O=C(NCCc1ccncc1)C(NCCc1ccncc1)c1cccnc1. The van der Waals surface area contributed by atoms with Crippen molar-refractivity contribution in [3.8, 4) is 0 Å². The van der Waals surface area contributed by atoms with Crippen molar-refractivity contribution in [1.82, 2.24) is 25.6 Å². The van der Waals surface area contributed by atoms with Gasteiger partial charge in [-0.2, -0.15) is 0 Å². The van der Waals surface area contributed by atoms with Gasteiger partial charge in [-0.15, -0.1) is 0 Å². The van der Waals surface area contributed by atoms with E-state index in [4.69, 9.17) is 0 Å². The lowest BCUT2D eigenvalue weighted by molar-refractivity contribution is -0.123. The van der Waals surface area contributed by atoms with Crippen LogP contribution in [-0.2, 0) is 17.6 Å². The molecule has 3 rings (SSSR count). The second-order valence-corrected chi connectivity index (χ2v) is 6.18. The maximum atomic E-state index is 12.8. The predicted octanol–water partition coefficient (Wildman–Crippen LogP) is 2.10. The second kappa shape index (κ2) is 10.1. The van der Waals surface area contributed by atoms with Crippen LogP contribution in [0.5, 0.6) is 0 Å². The Kier molecular flexibility index (Phi) is 7.00. The topological polar surface area (TPSA) is 79.8 Å². The molecule has 0 aromatic carbocycles. The zero-order valence-corrected chi connectivity index (χ0v) is 15.1. The van der Waals surface area contributed by atoms with E-state index in [-0.39, 0.29) is 5.91 Å². The van der Waals surface area contributed by atoms with Crippen LogP contribution in [0.3, 0.4) is 0 Å². The van der Waals surface area contributed by atoms with E-state index < -0.39 is 6.04 Å². The Bertz CT molecular complexity index is 812. The van der Waals surface area contributed by atoms with Gasteiger partial charge in [0.1, 0.15) is 6.04 Å². The number of nitrogens with zero attached hydrogens (tertiary/aromatic N) is 3. The molecule has 0 radical (unpaired) electrons. The summed E-state index contributed by atoms with van der Waals surface area (Å²) in [6.45, 7) is 1.26. The van der Waals surface area contributed by atoms with Crippen LogP contribution in [-0.4, -0.2) is 33.9 Å². The van der Waals surface area contributed by atoms with E-state index in [0.29, 0.717) is 13.1 Å². The number of aromatic nitrogens is 3. The van der Waals surface area contributed by atoms with Crippen LogP contribution in [0.15, 0.2) is 73.6 Å². The van der Waals surface area contributed by atoms with Gasteiger partial charge in [0.05, 0.1) is 0 Å². The number of pyridine rings is 3. The Morgan fingerprint density at radius 3 is 2.04 bits per heavy atom. The number of amides is 1. The monoisotopic (exact) mass is 361 g/mol. The molecule has 1 atom stereocenters. The Balaban J connectivity index is 1.56. The number of carbonyl (C=O) groups excluding carboxylic acids is 1. The van der Waals surface area contributed by atoms with E-state index >= 15 is 0 Å². The summed E-state index contributed by atoms with van der Waals surface area (Å²) < 4.78 is 0. The van der Waals surface area contributed by atoms with Gasteiger partial charge in [0.25, 0.3) is 0 Å². The molecule has 138 valence electrons. The average Bonchev–Trinajstić information content (AvgIpc) is 2.73. The van der Waals surface area contributed by atoms with Gasteiger partial charge in [0.2, 0.25) is 5.91 Å². The third-order valence-corrected chi connectivity index (χ3v) is 4.25. The summed E-state index contributed by atoms with van der Waals surface area (Å²) in [5.74, 6) is -0.0493. The number of hydrogen-bond donors (Lipinski definition) is 2. The van der Waals surface area contributed by atoms with E-state index in [9.17, 15) is 4.79 Å². The van der Waals surface area contributed by atoms with E-state index in [1.807, 2.05) is 36.4 Å². The molecule has 3 heterocycles. The molecule has 2 N–H and O–H groups in total.